The van der Waals surface area contributed by atoms with E-state index in [9.17, 15) is 0 Å². The molecule has 0 spiro atoms. The van der Waals surface area contributed by atoms with Crippen LogP contribution in [-0.2, 0) is 27.1 Å². The van der Waals surface area contributed by atoms with Gasteiger partial charge in [0.05, 0.1) is 5.69 Å². The first-order chi connectivity index (χ1) is 10.1. The van der Waals surface area contributed by atoms with Gasteiger partial charge >= 0.3 is 0 Å². The molecule has 6 heteroatoms. The fraction of sp³-hybridized carbons (Fsp3) is 0.400. The number of nitrogens with zero attached hydrogens (tertiary/aromatic N) is 5. The summed E-state index contributed by atoms with van der Waals surface area (Å²) in [5.41, 5.74) is 4.38. The summed E-state index contributed by atoms with van der Waals surface area (Å²) >= 11 is 0. The van der Waals surface area contributed by atoms with Gasteiger partial charge in [0.1, 0.15) is 0 Å². The molecule has 0 saturated heterocycles. The fourth-order valence-corrected chi connectivity index (χ4v) is 2.54. The second kappa shape index (κ2) is 5.65. The summed E-state index contributed by atoms with van der Waals surface area (Å²) in [6, 6.07) is 4.22. The lowest BCUT2D eigenvalue weighted by atomic mass is 10.2. The highest BCUT2D eigenvalue weighted by Gasteiger charge is 2.06. The Bertz CT molecular complexity index is 755. The zero-order chi connectivity index (χ0) is 14.8. The third-order valence-corrected chi connectivity index (χ3v) is 3.73. The molecule has 3 aromatic rings. The number of aromatic nitrogens is 5. The minimum atomic E-state index is 0.815. The molecule has 1 N–H and O–H groups in total. The molecule has 0 amide bonds. The van der Waals surface area contributed by atoms with Gasteiger partial charge in [-0.2, -0.15) is 10.2 Å². The lowest BCUT2D eigenvalue weighted by molar-refractivity contribution is 0.642. The third kappa shape index (κ3) is 2.80. The van der Waals surface area contributed by atoms with Gasteiger partial charge in [0.15, 0.2) is 5.65 Å². The van der Waals surface area contributed by atoms with Crippen LogP contribution in [0.25, 0.3) is 11.0 Å². The van der Waals surface area contributed by atoms with E-state index in [1.807, 2.05) is 48.8 Å². The Balaban J connectivity index is 1.60. The van der Waals surface area contributed by atoms with Gasteiger partial charge in [-0.3, -0.25) is 9.36 Å². The first-order valence-electron chi connectivity index (χ1n) is 7.11. The summed E-state index contributed by atoms with van der Waals surface area (Å²) in [6.45, 7) is 3.75. The molecule has 0 fully saturated rings. The summed E-state index contributed by atoms with van der Waals surface area (Å²) < 4.78 is 3.73. The molecular weight excluding hydrogens is 264 g/mol. The minimum absolute atomic E-state index is 0.815. The summed E-state index contributed by atoms with van der Waals surface area (Å²) in [5, 5.41) is 13.1. The number of hydrogen-bond donors (Lipinski definition) is 1. The molecule has 0 unspecified atom stereocenters. The summed E-state index contributed by atoms with van der Waals surface area (Å²) in [6.07, 6.45) is 4.72. The van der Waals surface area contributed by atoms with Crippen LogP contribution in [0.4, 0.5) is 0 Å². The number of fused-ring (bicyclic) bond motifs is 1. The van der Waals surface area contributed by atoms with E-state index in [-0.39, 0.29) is 0 Å². The second-order valence-electron chi connectivity index (χ2n) is 5.30. The van der Waals surface area contributed by atoms with E-state index in [0.717, 1.165) is 36.2 Å². The Hall–Kier alpha value is -2.21. The molecule has 21 heavy (non-hydrogen) atoms. The van der Waals surface area contributed by atoms with Gasteiger partial charge in [0, 0.05) is 57.1 Å². The van der Waals surface area contributed by atoms with E-state index in [2.05, 4.69) is 26.6 Å². The number of pyridine rings is 1. The van der Waals surface area contributed by atoms with E-state index in [1.54, 1.807) is 0 Å². The zero-order valence-electron chi connectivity index (χ0n) is 12.7. The van der Waals surface area contributed by atoms with Crippen LogP contribution in [-0.4, -0.2) is 31.1 Å². The molecule has 110 valence electrons. The Morgan fingerprint density at radius 3 is 2.86 bits per heavy atom. The third-order valence-electron chi connectivity index (χ3n) is 3.73. The molecule has 0 atom stereocenters. The van der Waals surface area contributed by atoms with Crippen molar-refractivity contribution in [2.45, 2.75) is 19.9 Å². The monoisotopic (exact) mass is 284 g/mol. The maximum absolute atomic E-state index is 4.49. The summed E-state index contributed by atoms with van der Waals surface area (Å²) in [5.74, 6) is 0. The van der Waals surface area contributed by atoms with Gasteiger partial charge in [-0.15, -0.1) is 0 Å². The van der Waals surface area contributed by atoms with Crippen LogP contribution >= 0.6 is 0 Å². The van der Waals surface area contributed by atoms with E-state index >= 15 is 0 Å². The largest absolute Gasteiger partial charge is 0.312 e. The maximum atomic E-state index is 4.49. The number of nitrogens with one attached hydrogen (secondary N) is 1. The molecule has 3 heterocycles. The average molecular weight is 284 g/mol. The van der Waals surface area contributed by atoms with Crippen molar-refractivity contribution in [3.05, 3.63) is 41.5 Å². The lowest BCUT2D eigenvalue weighted by Gasteiger charge is -2.05. The fourth-order valence-electron chi connectivity index (χ4n) is 2.54. The van der Waals surface area contributed by atoms with E-state index in [4.69, 9.17) is 0 Å². The highest BCUT2D eigenvalue weighted by molar-refractivity contribution is 5.78. The highest BCUT2D eigenvalue weighted by atomic mass is 15.3. The van der Waals surface area contributed by atoms with Gasteiger partial charge in [-0.25, -0.2) is 4.98 Å². The van der Waals surface area contributed by atoms with Gasteiger partial charge in [0.25, 0.3) is 0 Å². The highest BCUT2D eigenvalue weighted by Crippen LogP contribution is 2.16. The SMILES string of the molecule is Cc1nn(C)c2ncc(CNCCc3ccnn3C)cc12. The molecule has 0 aliphatic heterocycles. The Morgan fingerprint density at radius 1 is 1.24 bits per heavy atom. The average Bonchev–Trinajstić information content (AvgIpc) is 3.00. The molecular formula is C15H20N6. The second-order valence-corrected chi connectivity index (χ2v) is 5.30. The first-order valence-corrected chi connectivity index (χ1v) is 7.11. The smallest absolute Gasteiger partial charge is 0.157 e. The quantitative estimate of drug-likeness (QED) is 0.718. The molecule has 3 aromatic heterocycles. The predicted molar refractivity (Wildman–Crippen MR) is 81.9 cm³/mol. The van der Waals surface area contributed by atoms with E-state index < -0.39 is 0 Å². The summed E-state index contributed by atoms with van der Waals surface area (Å²) in [7, 11) is 3.90. The lowest BCUT2D eigenvalue weighted by Crippen LogP contribution is -2.18. The molecule has 0 aliphatic carbocycles. The van der Waals surface area contributed by atoms with Gasteiger partial charge in [0.2, 0.25) is 0 Å². The minimum Gasteiger partial charge on any atom is -0.312 e. The van der Waals surface area contributed by atoms with Crippen molar-refractivity contribution in [2.24, 2.45) is 14.1 Å². The van der Waals surface area contributed by atoms with Crippen molar-refractivity contribution in [2.75, 3.05) is 6.54 Å². The molecule has 0 aliphatic rings. The normalized spacial score (nSPS) is 11.4. The first kappa shape index (κ1) is 13.8. The van der Waals surface area contributed by atoms with Crippen LogP contribution in [0, 0.1) is 6.92 Å². The molecule has 0 saturated carbocycles. The zero-order valence-corrected chi connectivity index (χ0v) is 12.7. The Kier molecular flexibility index (Phi) is 3.70. The molecule has 3 rings (SSSR count). The molecule has 0 aromatic carbocycles. The van der Waals surface area contributed by atoms with E-state index in [0.29, 0.717) is 0 Å². The van der Waals surface area contributed by atoms with Crippen LogP contribution in [0.3, 0.4) is 0 Å². The summed E-state index contributed by atoms with van der Waals surface area (Å²) in [4.78, 5) is 4.49. The molecule has 0 radical (unpaired) electrons. The van der Waals surface area contributed by atoms with Crippen LogP contribution < -0.4 is 5.32 Å². The standard InChI is InChI=1S/C15H20N6/c1-11-14-8-12(10-17-15(14)21(3)19-11)9-16-6-4-13-5-7-18-20(13)2/h5,7-8,10,16H,4,6,9H2,1-3H3. The topological polar surface area (TPSA) is 60.6 Å². The Morgan fingerprint density at radius 2 is 2.10 bits per heavy atom. The van der Waals surface area contributed by atoms with Crippen LogP contribution in [0.15, 0.2) is 24.5 Å². The number of hydrogen-bond acceptors (Lipinski definition) is 4. The van der Waals surface area contributed by atoms with Crippen molar-refractivity contribution in [1.29, 1.82) is 0 Å². The van der Waals surface area contributed by atoms with Crippen molar-refractivity contribution >= 4 is 11.0 Å². The van der Waals surface area contributed by atoms with Gasteiger partial charge < -0.3 is 5.32 Å². The number of rotatable bonds is 5. The van der Waals surface area contributed by atoms with Crippen LogP contribution in [0.2, 0.25) is 0 Å². The predicted octanol–water partition coefficient (Wildman–Crippen LogP) is 1.34. The van der Waals surface area contributed by atoms with E-state index in [1.165, 1.54) is 11.3 Å². The molecule has 0 bridgehead atoms. The number of aryl methyl sites for hydroxylation is 3. The van der Waals surface area contributed by atoms with Crippen molar-refractivity contribution in [3.8, 4) is 0 Å². The van der Waals surface area contributed by atoms with Crippen LogP contribution in [0.5, 0.6) is 0 Å². The van der Waals surface area contributed by atoms with Gasteiger partial charge in [-0.05, 0) is 24.6 Å². The van der Waals surface area contributed by atoms with Gasteiger partial charge in [-0.1, -0.05) is 0 Å². The van der Waals surface area contributed by atoms with Crippen molar-refractivity contribution in [3.63, 3.8) is 0 Å². The maximum Gasteiger partial charge on any atom is 0.157 e. The van der Waals surface area contributed by atoms with Crippen molar-refractivity contribution in [1.82, 2.24) is 29.9 Å². The van der Waals surface area contributed by atoms with Crippen molar-refractivity contribution < 1.29 is 0 Å². The van der Waals surface area contributed by atoms with Crippen LogP contribution in [0.1, 0.15) is 17.0 Å². The Labute approximate surface area is 123 Å². The molecule has 6 nitrogen and oxygen atoms in total.